The lowest BCUT2D eigenvalue weighted by Crippen LogP contribution is -2.23. The normalized spacial score (nSPS) is 10.7. The van der Waals surface area contributed by atoms with Crippen LogP contribution in [0, 0.1) is 0 Å². The van der Waals surface area contributed by atoms with Crippen LogP contribution in [-0.2, 0) is 6.54 Å². The van der Waals surface area contributed by atoms with Gasteiger partial charge in [0.25, 0.3) is 5.91 Å². The summed E-state index contributed by atoms with van der Waals surface area (Å²) in [5, 5.41) is 3.27. The van der Waals surface area contributed by atoms with Gasteiger partial charge >= 0.3 is 0 Å². The third kappa shape index (κ3) is 2.62. The highest BCUT2D eigenvalue weighted by Crippen LogP contribution is 2.07. The van der Waals surface area contributed by atoms with Crippen LogP contribution in [0.5, 0.6) is 0 Å². The predicted octanol–water partition coefficient (Wildman–Crippen LogP) is 2.31. The van der Waals surface area contributed by atoms with Gasteiger partial charge in [0.1, 0.15) is 5.15 Å². The van der Waals surface area contributed by atoms with Crippen molar-refractivity contribution in [3.8, 4) is 0 Å². The van der Waals surface area contributed by atoms with Gasteiger partial charge in [-0.05, 0) is 23.8 Å². The van der Waals surface area contributed by atoms with E-state index >= 15 is 0 Å². The SMILES string of the molecule is O=C(NCc1ccc(Cl)nc1)c1ccc2cncn2c1. The first kappa shape index (κ1) is 12.6. The van der Waals surface area contributed by atoms with Gasteiger partial charge in [0, 0.05) is 18.9 Å². The lowest BCUT2D eigenvalue weighted by Gasteiger charge is -2.06. The summed E-state index contributed by atoms with van der Waals surface area (Å²) in [7, 11) is 0. The molecular formula is C14H11ClN4O. The van der Waals surface area contributed by atoms with Gasteiger partial charge in [-0.25, -0.2) is 9.97 Å². The van der Waals surface area contributed by atoms with Crippen LogP contribution in [0.25, 0.3) is 5.52 Å². The second-order valence-electron chi connectivity index (χ2n) is 4.32. The number of hydrogen-bond acceptors (Lipinski definition) is 3. The fourth-order valence-electron chi connectivity index (χ4n) is 1.85. The van der Waals surface area contributed by atoms with Crippen molar-refractivity contribution in [2.75, 3.05) is 0 Å². The van der Waals surface area contributed by atoms with Crippen molar-refractivity contribution >= 4 is 23.0 Å². The van der Waals surface area contributed by atoms with Gasteiger partial charge in [-0.2, -0.15) is 0 Å². The Morgan fingerprint density at radius 3 is 2.95 bits per heavy atom. The molecule has 20 heavy (non-hydrogen) atoms. The summed E-state index contributed by atoms with van der Waals surface area (Å²) < 4.78 is 1.80. The molecule has 0 aliphatic heterocycles. The van der Waals surface area contributed by atoms with Gasteiger partial charge in [0.05, 0.1) is 23.6 Å². The van der Waals surface area contributed by atoms with Crippen molar-refractivity contribution in [2.45, 2.75) is 6.54 Å². The molecule has 0 unspecified atom stereocenters. The molecule has 0 atom stereocenters. The molecule has 0 saturated carbocycles. The standard InChI is InChI=1S/C14H11ClN4O/c15-13-4-1-10(5-17-13)6-18-14(20)11-2-3-12-7-16-9-19(12)8-11/h1-5,7-9H,6H2,(H,18,20). The number of carbonyl (C=O) groups is 1. The van der Waals surface area contributed by atoms with E-state index in [-0.39, 0.29) is 5.91 Å². The van der Waals surface area contributed by atoms with Crippen molar-refractivity contribution in [1.82, 2.24) is 19.7 Å². The zero-order valence-electron chi connectivity index (χ0n) is 10.5. The molecule has 3 aromatic rings. The van der Waals surface area contributed by atoms with Crippen LogP contribution >= 0.6 is 11.6 Å². The maximum atomic E-state index is 12.1. The summed E-state index contributed by atoms with van der Waals surface area (Å²) >= 11 is 5.71. The number of hydrogen-bond donors (Lipinski definition) is 1. The molecule has 0 fully saturated rings. The van der Waals surface area contributed by atoms with Crippen LogP contribution in [0.1, 0.15) is 15.9 Å². The topological polar surface area (TPSA) is 59.3 Å². The second kappa shape index (κ2) is 5.30. The van der Waals surface area contributed by atoms with Crippen LogP contribution in [0.15, 0.2) is 49.2 Å². The molecular weight excluding hydrogens is 276 g/mol. The number of rotatable bonds is 3. The fraction of sp³-hybridized carbons (Fsp3) is 0.0714. The minimum absolute atomic E-state index is 0.143. The quantitative estimate of drug-likeness (QED) is 0.752. The predicted molar refractivity (Wildman–Crippen MR) is 75.6 cm³/mol. The van der Waals surface area contributed by atoms with Crippen LogP contribution < -0.4 is 5.32 Å². The summed E-state index contributed by atoms with van der Waals surface area (Å²) in [4.78, 5) is 20.0. The number of halogens is 1. The molecule has 0 saturated heterocycles. The zero-order chi connectivity index (χ0) is 13.9. The number of aromatic nitrogens is 3. The molecule has 0 bridgehead atoms. The fourth-order valence-corrected chi connectivity index (χ4v) is 1.96. The molecule has 1 N–H and O–H groups in total. The van der Waals surface area contributed by atoms with Gasteiger partial charge in [-0.15, -0.1) is 0 Å². The van der Waals surface area contributed by atoms with E-state index in [1.54, 1.807) is 41.5 Å². The summed E-state index contributed by atoms with van der Waals surface area (Å²) in [6.07, 6.45) is 6.79. The lowest BCUT2D eigenvalue weighted by atomic mass is 10.2. The Labute approximate surface area is 120 Å². The number of pyridine rings is 2. The van der Waals surface area contributed by atoms with Crippen molar-refractivity contribution < 1.29 is 4.79 Å². The molecule has 0 radical (unpaired) electrons. The third-order valence-corrected chi connectivity index (χ3v) is 3.14. The smallest absolute Gasteiger partial charge is 0.253 e. The maximum absolute atomic E-state index is 12.1. The molecule has 100 valence electrons. The molecule has 5 nitrogen and oxygen atoms in total. The van der Waals surface area contributed by atoms with Crippen molar-refractivity contribution in [3.05, 3.63) is 65.5 Å². The molecule has 0 aliphatic carbocycles. The Balaban J connectivity index is 1.70. The Morgan fingerprint density at radius 2 is 2.15 bits per heavy atom. The molecule has 6 heteroatoms. The summed E-state index contributed by atoms with van der Waals surface area (Å²) in [5.74, 6) is -0.143. The average Bonchev–Trinajstić information content (AvgIpc) is 2.93. The number of amides is 1. The van der Waals surface area contributed by atoms with E-state index < -0.39 is 0 Å². The van der Waals surface area contributed by atoms with Gasteiger partial charge in [-0.3, -0.25) is 4.79 Å². The summed E-state index contributed by atoms with van der Waals surface area (Å²) in [6, 6.07) is 7.15. The van der Waals surface area contributed by atoms with Crippen molar-refractivity contribution in [1.29, 1.82) is 0 Å². The van der Waals surface area contributed by atoms with Gasteiger partial charge in [0.15, 0.2) is 0 Å². The van der Waals surface area contributed by atoms with Crippen LogP contribution in [0.2, 0.25) is 5.15 Å². The van der Waals surface area contributed by atoms with E-state index in [1.165, 1.54) is 0 Å². The largest absolute Gasteiger partial charge is 0.348 e. The molecule has 3 rings (SSSR count). The highest BCUT2D eigenvalue weighted by atomic mass is 35.5. The number of imidazole rings is 1. The van der Waals surface area contributed by atoms with E-state index in [0.717, 1.165) is 11.1 Å². The molecule has 0 aliphatic rings. The third-order valence-electron chi connectivity index (χ3n) is 2.91. The lowest BCUT2D eigenvalue weighted by molar-refractivity contribution is 0.0950. The monoisotopic (exact) mass is 286 g/mol. The van der Waals surface area contributed by atoms with Crippen LogP contribution in [-0.4, -0.2) is 20.3 Å². The molecule has 3 heterocycles. The van der Waals surface area contributed by atoms with E-state index in [0.29, 0.717) is 17.3 Å². The van der Waals surface area contributed by atoms with Crippen LogP contribution in [0.3, 0.4) is 0 Å². The Morgan fingerprint density at radius 1 is 1.25 bits per heavy atom. The van der Waals surface area contributed by atoms with E-state index in [2.05, 4.69) is 15.3 Å². The average molecular weight is 287 g/mol. The Bertz CT molecular complexity index is 751. The van der Waals surface area contributed by atoms with E-state index in [1.807, 2.05) is 12.1 Å². The van der Waals surface area contributed by atoms with Crippen LogP contribution in [0.4, 0.5) is 0 Å². The number of carbonyl (C=O) groups excluding carboxylic acids is 1. The molecule has 0 spiro atoms. The summed E-state index contributed by atoms with van der Waals surface area (Å²) in [6.45, 7) is 0.408. The van der Waals surface area contributed by atoms with Gasteiger partial charge in [0.2, 0.25) is 0 Å². The second-order valence-corrected chi connectivity index (χ2v) is 4.70. The first-order valence-electron chi connectivity index (χ1n) is 6.03. The van der Waals surface area contributed by atoms with E-state index in [4.69, 9.17) is 11.6 Å². The Kier molecular flexibility index (Phi) is 3.35. The first-order valence-corrected chi connectivity index (χ1v) is 6.40. The zero-order valence-corrected chi connectivity index (χ0v) is 11.2. The minimum Gasteiger partial charge on any atom is -0.348 e. The minimum atomic E-state index is -0.143. The van der Waals surface area contributed by atoms with Gasteiger partial charge < -0.3 is 9.72 Å². The number of nitrogens with one attached hydrogen (secondary N) is 1. The highest BCUT2D eigenvalue weighted by Gasteiger charge is 2.06. The van der Waals surface area contributed by atoms with Crippen molar-refractivity contribution in [3.63, 3.8) is 0 Å². The Hall–Kier alpha value is -2.40. The van der Waals surface area contributed by atoms with Gasteiger partial charge in [-0.1, -0.05) is 17.7 Å². The first-order chi connectivity index (χ1) is 9.72. The maximum Gasteiger partial charge on any atom is 0.253 e. The molecule has 1 amide bonds. The van der Waals surface area contributed by atoms with Crippen molar-refractivity contribution in [2.24, 2.45) is 0 Å². The molecule has 3 aromatic heterocycles. The highest BCUT2D eigenvalue weighted by molar-refractivity contribution is 6.29. The van der Waals surface area contributed by atoms with E-state index in [9.17, 15) is 4.79 Å². The number of nitrogens with zero attached hydrogens (tertiary/aromatic N) is 3. The number of fused-ring (bicyclic) bond motifs is 1. The molecule has 0 aromatic carbocycles. The summed E-state index contributed by atoms with van der Waals surface area (Å²) in [5.41, 5.74) is 2.42.